The Morgan fingerprint density at radius 1 is 1.44 bits per heavy atom. The van der Waals surface area contributed by atoms with E-state index in [9.17, 15) is 4.79 Å². The molecule has 0 aromatic carbocycles. The maximum Gasteiger partial charge on any atom is 0.270 e. The van der Waals surface area contributed by atoms with Crippen molar-refractivity contribution in [2.24, 2.45) is 0 Å². The lowest BCUT2D eigenvalue weighted by atomic mass is 10.2. The molecule has 0 aliphatic carbocycles. The molecule has 0 N–H and O–H groups in total. The summed E-state index contributed by atoms with van der Waals surface area (Å²) in [6, 6.07) is 7.83. The van der Waals surface area contributed by atoms with Gasteiger partial charge >= 0.3 is 0 Å². The van der Waals surface area contributed by atoms with Crippen LogP contribution >= 0.6 is 0 Å². The summed E-state index contributed by atoms with van der Waals surface area (Å²) in [5, 5.41) is 8.80. The summed E-state index contributed by atoms with van der Waals surface area (Å²) in [6.07, 6.45) is 5.20. The van der Waals surface area contributed by atoms with Gasteiger partial charge in [-0.2, -0.15) is 9.83 Å². The third-order valence-corrected chi connectivity index (χ3v) is 3.16. The number of nitriles is 1. The molecule has 1 atom stereocenters. The van der Waals surface area contributed by atoms with Crippen LogP contribution in [0.1, 0.15) is 24.7 Å². The van der Waals surface area contributed by atoms with Crippen LogP contribution in [0, 0.1) is 11.3 Å². The predicted molar refractivity (Wildman–Crippen MR) is 61.9 cm³/mol. The Bertz CT molecular complexity index is 438. The molecule has 18 heavy (non-hydrogen) atoms. The van der Waals surface area contributed by atoms with Crippen molar-refractivity contribution in [3.8, 4) is 6.07 Å². The number of carbonyl (C=O) groups excluding carboxylic acids is 1. The molecule has 1 aromatic rings. The van der Waals surface area contributed by atoms with Crippen molar-refractivity contribution in [3.05, 3.63) is 30.1 Å². The Balaban J connectivity index is 0.00000162. The number of aromatic nitrogens is 1. The maximum atomic E-state index is 11.3. The highest BCUT2D eigenvalue weighted by Crippen LogP contribution is 2.14. The molecule has 1 unspecified atom stereocenters. The molecule has 1 fully saturated rings. The molecule has 4 nitrogen and oxygen atoms in total. The monoisotopic (exact) mass is 265 g/mol. The minimum Gasteiger partial charge on any atom is -1.00 e. The molecule has 5 heteroatoms. The van der Waals surface area contributed by atoms with Gasteiger partial charge in [0.25, 0.3) is 6.17 Å². The van der Waals surface area contributed by atoms with E-state index in [4.69, 9.17) is 5.26 Å². The summed E-state index contributed by atoms with van der Waals surface area (Å²) in [5.41, 5.74) is 0.888. The average molecular weight is 266 g/mol. The molecule has 1 aliphatic rings. The zero-order valence-corrected chi connectivity index (χ0v) is 10.9. The molecule has 0 radical (unpaired) electrons. The van der Waals surface area contributed by atoms with Crippen LogP contribution in [0.5, 0.6) is 0 Å². The maximum absolute atomic E-state index is 11.3. The van der Waals surface area contributed by atoms with Crippen LogP contribution in [0.3, 0.4) is 0 Å². The van der Waals surface area contributed by atoms with Crippen molar-refractivity contribution in [2.45, 2.75) is 25.4 Å². The Morgan fingerprint density at radius 3 is 2.78 bits per heavy atom. The first-order valence-corrected chi connectivity index (χ1v) is 5.92. The van der Waals surface area contributed by atoms with Gasteiger partial charge in [-0.1, -0.05) is 6.07 Å². The number of halogens is 1. The molecular weight excluding hydrogens is 250 g/mol. The molecule has 0 amide bonds. The van der Waals surface area contributed by atoms with Crippen molar-refractivity contribution in [2.75, 3.05) is 13.1 Å². The van der Waals surface area contributed by atoms with Gasteiger partial charge in [-0.15, -0.1) is 0 Å². The number of rotatable bonds is 4. The van der Waals surface area contributed by atoms with E-state index in [1.165, 1.54) is 0 Å². The van der Waals surface area contributed by atoms with E-state index in [0.717, 1.165) is 37.9 Å². The van der Waals surface area contributed by atoms with Crippen LogP contribution < -0.4 is 17.0 Å². The smallest absolute Gasteiger partial charge is 0.270 e. The van der Waals surface area contributed by atoms with E-state index in [1.807, 2.05) is 29.0 Å². The van der Waals surface area contributed by atoms with Crippen molar-refractivity contribution in [1.82, 2.24) is 4.90 Å². The van der Waals surface area contributed by atoms with Gasteiger partial charge < -0.3 is 12.4 Å². The summed E-state index contributed by atoms with van der Waals surface area (Å²) >= 11 is 0. The third kappa shape index (κ3) is 3.06. The molecule has 2 rings (SSSR count). The molecule has 0 spiro atoms. The van der Waals surface area contributed by atoms with Gasteiger partial charge in [0.15, 0.2) is 11.9 Å². The Morgan fingerprint density at radius 2 is 2.17 bits per heavy atom. The predicted octanol–water partition coefficient (Wildman–Crippen LogP) is -2.16. The van der Waals surface area contributed by atoms with Gasteiger partial charge in [-0.25, -0.2) is 4.90 Å². The first-order chi connectivity index (χ1) is 8.36. The molecule has 0 saturated carbocycles. The van der Waals surface area contributed by atoms with Gasteiger partial charge in [-0.3, -0.25) is 4.79 Å². The summed E-state index contributed by atoms with van der Waals surface area (Å²) in [4.78, 5) is 13.5. The number of nitrogens with zero attached hydrogens (tertiary/aromatic N) is 3. The van der Waals surface area contributed by atoms with Gasteiger partial charge in [0, 0.05) is 25.2 Å². The molecule has 96 valence electrons. The minimum atomic E-state index is -0.262. The van der Waals surface area contributed by atoms with E-state index < -0.39 is 0 Å². The summed E-state index contributed by atoms with van der Waals surface area (Å²) in [5.74, 6) is 0. The number of hydrogen-bond acceptors (Lipinski definition) is 3. The van der Waals surface area contributed by atoms with Crippen LogP contribution in [0.15, 0.2) is 24.4 Å². The topological polar surface area (TPSA) is 48.0 Å². The highest BCUT2D eigenvalue weighted by molar-refractivity contribution is 5.52. The first kappa shape index (κ1) is 14.6. The van der Waals surface area contributed by atoms with E-state index in [1.54, 1.807) is 0 Å². The average Bonchev–Trinajstić information content (AvgIpc) is 2.86. The van der Waals surface area contributed by atoms with Crippen LogP contribution in [0.2, 0.25) is 0 Å². The normalized spacial score (nSPS) is 16.6. The van der Waals surface area contributed by atoms with Gasteiger partial charge in [0.1, 0.15) is 6.42 Å². The zero-order chi connectivity index (χ0) is 12.1. The minimum absolute atomic E-state index is 0. The molecular formula is C13H16ClN3O. The Labute approximate surface area is 113 Å². The second kappa shape index (κ2) is 7.10. The van der Waals surface area contributed by atoms with Crippen LogP contribution in [-0.2, 0) is 11.2 Å². The Hall–Kier alpha value is -1.44. The zero-order valence-electron chi connectivity index (χ0n) is 10.1. The van der Waals surface area contributed by atoms with Crippen LogP contribution in [0.4, 0.5) is 0 Å². The largest absolute Gasteiger partial charge is 1.00 e. The van der Waals surface area contributed by atoms with Crippen molar-refractivity contribution < 1.29 is 21.8 Å². The van der Waals surface area contributed by atoms with Gasteiger partial charge in [0.2, 0.25) is 6.29 Å². The summed E-state index contributed by atoms with van der Waals surface area (Å²) in [6.45, 7) is 1.91. The number of pyridine rings is 1. The standard InChI is InChI=1S/C13H16N3O.ClH/c14-7-6-12-5-1-2-10-16(12)13(11-17)15-8-3-4-9-15;/h1-2,5,10-11,13H,3-4,6,8-9H2;1H/q+1;/p-1. The van der Waals surface area contributed by atoms with Crippen molar-refractivity contribution in [1.29, 1.82) is 5.26 Å². The van der Waals surface area contributed by atoms with Crippen LogP contribution in [0.25, 0.3) is 0 Å². The second-order valence-corrected chi connectivity index (χ2v) is 4.23. The first-order valence-electron chi connectivity index (χ1n) is 5.92. The van der Waals surface area contributed by atoms with E-state index in [0.29, 0.717) is 6.42 Å². The molecule has 2 heterocycles. The fourth-order valence-corrected chi connectivity index (χ4v) is 2.31. The second-order valence-electron chi connectivity index (χ2n) is 4.23. The van der Waals surface area contributed by atoms with Gasteiger partial charge in [0.05, 0.1) is 6.07 Å². The van der Waals surface area contributed by atoms with Crippen LogP contribution in [-0.4, -0.2) is 24.3 Å². The molecule has 1 aromatic heterocycles. The van der Waals surface area contributed by atoms with Crippen molar-refractivity contribution >= 4 is 6.29 Å². The lowest BCUT2D eigenvalue weighted by Crippen LogP contribution is -3.00. The fraction of sp³-hybridized carbons (Fsp3) is 0.462. The highest BCUT2D eigenvalue weighted by Gasteiger charge is 2.30. The van der Waals surface area contributed by atoms with Gasteiger partial charge in [-0.05, 0) is 12.8 Å². The quantitative estimate of drug-likeness (QED) is 0.460. The Kier molecular flexibility index (Phi) is 5.76. The lowest BCUT2D eigenvalue weighted by molar-refractivity contribution is -0.732. The number of hydrogen-bond donors (Lipinski definition) is 0. The highest BCUT2D eigenvalue weighted by atomic mass is 35.5. The molecule has 0 bridgehead atoms. The molecule has 1 aliphatic heterocycles. The fourth-order valence-electron chi connectivity index (χ4n) is 2.31. The third-order valence-electron chi connectivity index (χ3n) is 3.16. The number of aldehydes is 1. The number of carbonyl (C=O) groups is 1. The SMILES string of the molecule is N#CCc1cccc[n+]1C(C=O)N1CCCC1.[Cl-]. The summed E-state index contributed by atoms with van der Waals surface area (Å²) < 4.78 is 1.90. The molecule has 1 saturated heterocycles. The van der Waals surface area contributed by atoms with Crippen molar-refractivity contribution in [3.63, 3.8) is 0 Å². The lowest BCUT2D eigenvalue weighted by Gasteiger charge is -2.18. The number of likely N-dealkylation sites (tertiary alicyclic amines) is 1. The van der Waals surface area contributed by atoms with E-state index >= 15 is 0 Å². The summed E-state index contributed by atoms with van der Waals surface area (Å²) in [7, 11) is 0. The van der Waals surface area contributed by atoms with E-state index in [-0.39, 0.29) is 18.6 Å². The van der Waals surface area contributed by atoms with E-state index in [2.05, 4.69) is 11.0 Å².